The predicted molar refractivity (Wildman–Crippen MR) is 111 cm³/mol. The minimum Gasteiger partial charge on any atom is -0.491 e. The predicted octanol–water partition coefficient (Wildman–Crippen LogP) is 3.01. The van der Waals surface area contributed by atoms with E-state index < -0.39 is 0 Å². The molecule has 0 atom stereocenters. The molecule has 0 unspecified atom stereocenters. The summed E-state index contributed by atoms with van der Waals surface area (Å²) in [4.78, 5) is 29.4. The summed E-state index contributed by atoms with van der Waals surface area (Å²) in [6.45, 7) is 5.24. The van der Waals surface area contributed by atoms with Gasteiger partial charge in [-0.15, -0.1) is 0 Å². The second kappa shape index (κ2) is 10.1. The summed E-state index contributed by atoms with van der Waals surface area (Å²) in [5.41, 5.74) is 2.36. The van der Waals surface area contributed by atoms with Crippen LogP contribution >= 0.6 is 0 Å². The molecular formula is C23H28N2O4. The highest BCUT2D eigenvalue weighted by atomic mass is 16.5. The Morgan fingerprint density at radius 2 is 1.48 bits per heavy atom. The minimum atomic E-state index is -0.0351. The third-order valence-electron chi connectivity index (χ3n) is 4.97. The van der Waals surface area contributed by atoms with Crippen LogP contribution in [0.3, 0.4) is 0 Å². The Kier molecular flexibility index (Phi) is 7.25. The molecule has 2 aromatic rings. The van der Waals surface area contributed by atoms with E-state index in [1.165, 1.54) is 0 Å². The van der Waals surface area contributed by atoms with Gasteiger partial charge in [0.15, 0.2) is 0 Å². The van der Waals surface area contributed by atoms with Gasteiger partial charge in [-0.3, -0.25) is 9.59 Å². The van der Waals surface area contributed by atoms with Crippen LogP contribution in [0.4, 0.5) is 0 Å². The highest BCUT2D eigenvalue weighted by molar-refractivity contribution is 5.95. The molecule has 2 amide bonds. The number of ether oxygens (including phenoxy) is 2. The van der Waals surface area contributed by atoms with Gasteiger partial charge in [0, 0.05) is 44.4 Å². The zero-order valence-corrected chi connectivity index (χ0v) is 17.1. The maximum atomic E-state index is 13.0. The van der Waals surface area contributed by atoms with Gasteiger partial charge in [-0.05, 0) is 43.7 Å². The fourth-order valence-electron chi connectivity index (χ4n) is 3.43. The van der Waals surface area contributed by atoms with Crippen LogP contribution < -0.4 is 4.74 Å². The van der Waals surface area contributed by atoms with E-state index in [0.29, 0.717) is 56.3 Å². The van der Waals surface area contributed by atoms with Gasteiger partial charge in [-0.1, -0.05) is 23.8 Å². The van der Waals surface area contributed by atoms with E-state index >= 15 is 0 Å². The van der Waals surface area contributed by atoms with Crippen LogP contribution in [0, 0.1) is 6.92 Å². The number of nitrogens with zero attached hydrogens (tertiary/aromatic N) is 2. The van der Waals surface area contributed by atoms with E-state index in [9.17, 15) is 9.59 Å². The smallest absolute Gasteiger partial charge is 0.254 e. The fraction of sp³-hybridized carbons (Fsp3) is 0.391. The SMILES string of the molecule is COCCOc1cccc(C(=O)N2CCCN(C(=O)c3cccc(C)c3)CC2)c1. The Balaban J connectivity index is 1.62. The van der Waals surface area contributed by atoms with Gasteiger partial charge in [-0.2, -0.15) is 0 Å². The average Bonchev–Trinajstić information content (AvgIpc) is 2.99. The van der Waals surface area contributed by atoms with E-state index in [1.807, 2.05) is 53.1 Å². The van der Waals surface area contributed by atoms with Crippen molar-refractivity contribution in [3.05, 3.63) is 65.2 Å². The Hall–Kier alpha value is -2.86. The second-order valence-electron chi connectivity index (χ2n) is 7.18. The summed E-state index contributed by atoms with van der Waals surface area (Å²) in [6.07, 6.45) is 0.757. The molecule has 0 bridgehead atoms. The molecule has 6 nitrogen and oxygen atoms in total. The van der Waals surface area contributed by atoms with Gasteiger partial charge >= 0.3 is 0 Å². The molecular weight excluding hydrogens is 368 g/mol. The summed E-state index contributed by atoms with van der Waals surface area (Å²) in [7, 11) is 1.62. The van der Waals surface area contributed by atoms with Gasteiger partial charge in [0.1, 0.15) is 12.4 Å². The van der Waals surface area contributed by atoms with Gasteiger partial charge < -0.3 is 19.3 Å². The average molecular weight is 396 g/mol. The number of aryl methyl sites for hydroxylation is 1. The molecule has 1 aliphatic heterocycles. The van der Waals surface area contributed by atoms with E-state index in [0.717, 1.165) is 12.0 Å². The number of hydrogen-bond acceptors (Lipinski definition) is 4. The molecule has 0 aromatic heterocycles. The molecule has 6 heteroatoms. The number of amides is 2. The molecule has 29 heavy (non-hydrogen) atoms. The van der Waals surface area contributed by atoms with E-state index in [4.69, 9.17) is 9.47 Å². The highest BCUT2D eigenvalue weighted by Gasteiger charge is 2.23. The lowest BCUT2D eigenvalue weighted by atomic mass is 10.1. The topological polar surface area (TPSA) is 59.1 Å². The second-order valence-corrected chi connectivity index (χ2v) is 7.18. The highest BCUT2D eigenvalue weighted by Crippen LogP contribution is 2.17. The Morgan fingerprint density at radius 3 is 2.10 bits per heavy atom. The molecule has 0 radical (unpaired) electrons. The number of hydrogen-bond donors (Lipinski definition) is 0. The summed E-state index contributed by atoms with van der Waals surface area (Å²) in [6, 6.07) is 14.8. The normalized spacial score (nSPS) is 14.4. The van der Waals surface area contributed by atoms with Crippen LogP contribution in [-0.2, 0) is 4.74 Å². The van der Waals surface area contributed by atoms with Crippen molar-refractivity contribution in [2.45, 2.75) is 13.3 Å². The van der Waals surface area contributed by atoms with Crippen LogP contribution in [0.15, 0.2) is 48.5 Å². The lowest BCUT2D eigenvalue weighted by Crippen LogP contribution is -2.37. The van der Waals surface area contributed by atoms with E-state index in [2.05, 4.69) is 0 Å². The Bertz CT molecular complexity index is 852. The van der Waals surface area contributed by atoms with Gasteiger partial charge in [0.2, 0.25) is 0 Å². The van der Waals surface area contributed by atoms with Crippen LogP contribution in [0.25, 0.3) is 0 Å². The monoisotopic (exact) mass is 396 g/mol. The molecule has 154 valence electrons. The zero-order valence-electron chi connectivity index (χ0n) is 17.1. The Morgan fingerprint density at radius 1 is 0.862 bits per heavy atom. The van der Waals surface area contributed by atoms with Crippen LogP contribution in [0.1, 0.15) is 32.7 Å². The fourth-order valence-corrected chi connectivity index (χ4v) is 3.43. The summed E-state index contributed by atoms with van der Waals surface area (Å²) < 4.78 is 10.6. The van der Waals surface area contributed by atoms with Crippen LogP contribution in [0.5, 0.6) is 5.75 Å². The molecule has 1 aliphatic rings. The summed E-state index contributed by atoms with van der Waals surface area (Å²) >= 11 is 0. The van der Waals surface area contributed by atoms with Gasteiger partial charge in [0.25, 0.3) is 11.8 Å². The molecule has 1 saturated heterocycles. The molecule has 0 saturated carbocycles. The van der Waals surface area contributed by atoms with Crippen molar-refractivity contribution in [1.29, 1.82) is 0 Å². The van der Waals surface area contributed by atoms with E-state index in [-0.39, 0.29) is 11.8 Å². The first-order valence-corrected chi connectivity index (χ1v) is 9.95. The summed E-state index contributed by atoms with van der Waals surface area (Å²) in [5, 5.41) is 0. The standard InChI is InChI=1S/C23H28N2O4/c1-18-6-3-7-19(16-18)22(26)24-10-5-11-25(13-12-24)23(27)20-8-4-9-21(17-20)29-15-14-28-2/h3-4,6-9,16-17H,5,10-15H2,1-2H3. The van der Waals surface area contributed by atoms with Crippen molar-refractivity contribution in [3.63, 3.8) is 0 Å². The first-order valence-electron chi connectivity index (χ1n) is 9.95. The maximum absolute atomic E-state index is 13.0. The first kappa shape index (κ1) is 20.9. The minimum absolute atomic E-state index is 0.0246. The quantitative estimate of drug-likeness (QED) is 0.705. The third-order valence-corrected chi connectivity index (χ3v) is 4.97. The molecule has 1 fully saturated rings. The third kappa shape index (κ3) is 5.57. The van der Waals surface area contributed by atoms with Gasteiger partial charge in [-0.25, -0.2) is 0 Å². The zero-order chi connectivity index (χ0) is 20.6. The molecule has 1 heterocycles. The molecule has 0 spiro atoms. The van der Waals surface area contributed by atoms with Crippen molar-refractivity contribution < 1.29 is 19.1 Å². The number of carbonyl (C=O) groups is 2. The lowest BCUT2D eigenvalue weighted by molar-refractivity contribution is 0.0718. The lowest BCUT2D eigenvalue weighted by Gasteiger charge is -2.22. The summed E-state index contributed by atoms with van der Waals surface area (Å²) in [5.74, 6) is 0.641. The molecule has 0 aliphatic carbocycles. The van der Waals surface area contributed by atoms with Crippen molar-refractivity contribution >= 4 is 11.8 Å². The van der Waals surface area contributed by atoms with E-state index in [1.54, 1.807) is 19.2 Å². The molecule has 3 rings (SSSR count). The van der Waals surface area contributed by atoms with Crippen molar-refractivity contribution in [2.24, 2.45) is 0 Å². The van der Waals surface area contributed by atoms with Crippen LogP contribution in [-0.4, -0.2) is 68.1 Å². The Labute approximate surface area is 172 Å². The number of carbonyl (C=O) groups excluding carboxylic acids is 2. The number of methoxy groups -OCH3 is 1. The van der Waals surface area contributed by atoms with Crippen molar-refractivity contribution in [3.8, 4) is 5.75 Å². The first-order chi connectivity index (χ1) is 14.1. The maximum Gasteiger partial charge on any atom is 0.254 e. The number of benzene rings is 2. The van der Waals surface area contributed by atoms with Crippen molar-refractivity contribution in [2.75, 3.05) is 46.5 Å². The van der Waals surface area contributed by atoms with Crippen molar-refractivity contribution in [1.82, 2.24) is 9.80 Å². The molecule has 2 aromatic carbocycles. The molecule has 0 N–H and O–H groups in total. The number of rotatable bonds is 6. The largest absolute Gasteiger partial charge is 0.491 e. The van der Waals surface area contributed by atoms with Gasteiger partial charge in [0.05, 0.1) is 6.61 Å². The van der Waals surface area contributed by atoms with Crippen LogP contribution in [0.2, 0.25) is 0 Å².